The number of nitrogens with one attached hydrogen (secondary N) is 1. The van der Waals surface area contributed by atoms with Crippen molar-refractivity contribution in [1.82, 2.24) is 4.90 Å². The smallest absolute Gasteiger partial charge is 0.325 e. The number of hydrogen-bond donors (Lipinski definition) is 1. The van der Waals surface area contributed by atoms with Gasteiger partial charge in [0.25, 0.3) is 0 Å². The Kier molecular flexibility index (Phi) is 4.45. The predicted molar refractivity (Wildman–Crippen MR) is 98.5 cm³/mol. The number of carbonyl (C=O) groups excluding carboxylic acids is 2. The number of methoxy groups -OCH3 is 1. The third-order valence-corrected chi connectivity index (χ3v) is 4.47. The molecule has 3 amide bonds. The molecule has 0 spiro atoms. The van der Waals surface area contributed by atoms with Crippen LogP contribution in [0.25, 0.3) is 0 Å². The fraction of sp³-hybridized carbons (Fsp3) is 0.263. The number of ether oxygens (including phenoxy) is 3. The quantitative estimate of drug-likeness (QED) is 0.875. The van der Waals surface area contributed by atoms with Gasteiger partial charge in [0.1, 0.15) is 12.3 Å². The first-order valence-corrected chi connectivity index (χ1v) is 8.54. The van der Waals surface area contributed by atoms with Gasteiger partial charge in [-0.15, -0.1) is 0 Å². The Bertz CT molecular complexity index is 868. The number of amides is 3. The van der Waals surface area contributed by atoms with Gasteiger partial charge in [0.05, 0.1) is 7.11 Å². The Morgan fingerprint density at radius 3 is 2.67 bits per heavy atom. The second-order valence-electron chi connectivity index (χ2n) is 6.17. The predicted octanol–water partition coefficient (Wildman–Crippen LogP) is 2.30. The third kappa shape index (κ3) is 3.46. The van der Waals surface area contributed by atoms with Gasteiger partial charge in [-0.2, -0.15) is 0 Å². The molecule has 4 rings (SSSR count). The molecule has 1 N–H and O–H groups in total. The molecule has 1 saturated heterocycles. The highest BCUT2D eigenvalue weighted by Gasteiger charge is 2.31. The number of urea groups is 1. The molecule has 8 nitrogen and oxygen atoms in total. The minimum atomic E-state index is -0.249. The van der Waals surface area contributed by atoms with Crippen molar-refractivity contribution in [2.75, 3.05) is 43.8 Å². The Labute approximate surface area is 156 Å². The third-order valence-electron chi connectivity index (χ3n) is 4.47. The van der Waals surface area contributed by atoms with Crippen molar-refractivity contribution in [3.05, 3.63) is 42.5 Å². The molecule has 2 aromatic rings. The van der Waals surface area contributed by atoms with E-state index >= 15 is 0 Å². The van der Waals surface area contributed by atoms with Crippen LogP contribution in [0.4, 0.5) is 16.2 Å². The monoisotopic (exact) mass is 369 g/mol. The molecule has 0 radical (unpaired) electrons. The summed E-state index contributed by atoms with van der Waals surface area (Å²) in [6.45, 7) is 1.16. The van der Waals surface area contributed by atoms with Crippen LogP contribution in [0.1, 0.15) is 0 Å². The first kappa shape index (κ1) is 17.0. The number of nitrogens with zero attached hydrogens (tertiary/aromatic N) is 2. The van der Waals surface area contributed by atoms with Crippen molar-refractivity contribution in [2.45, 2.75) is 0 Å². The van der Waals surface area contributed by atoms with Crippen molar-refractivity contribution < 1.29 is 23.8 Å². The molecule has 2 aliphatic rings. The van der Waals surface area contributed by atoms with Crippen LogP contribution in [-0.2, 0) is 4.79 Å². The molecule has 2 aliphatic heterocycles. The van der Waals surface area contributed by atoms with Crippen molar-refractivity contribution in [1.29, 1.82) is 0 Å². The van der Waals surface area contributed by atoms with Gasteiger partial charge < -0.3 is 24.4 Å². The number of anilines is 2. The van der Waals surface area contributed by atoms with Gasteiger partial charge in [0, 0.05) is 30.5 Å². The molecule has 27 heavy (non-hydrogen) atoms. The molecule has 0 saturated carbocycles. The molecule has 1 fully saturated rings. The molecular weight excluding hydrogens is 350 g/mol. The largest absolute Gasteiger partial charge is 0.497 e. The first-order chi connectivity index (χ1) is 13.1. The standard InChI is InChI=1S/C19H19N3O5/c1-25-15-5-2-13(3-6-15)20-18(23)11-21-8-9-22(19(21)24)14-4-7-16-17(10-14)27-12-26-16/h2-7,10H,8-9,11-12H2,1H3,(H,20,23). The fourth-order valence-electron chi connectivity index (χ4n) is 3.07. The molecule has 8 heteroatoms. The molecule has 140 valence electrons. The summed E-state index contributed by atoms with van der Waals surface area (Å²) in [4.78, 5) is 28.1. The summed E-state index contributed by atoms with van der Waals surface area (Å²) in [5, 5.41) is 2.79. The van der Waals surface area contributed by atoms with Crippen LogP contribution in [0, 0.1) is 0 Å². The number of fused-ring (bicyclic) bond motifs is 1. The average Bonchev–Trinajstić information content (AvgIpc) is 3.29. The van der Waals surface area contributed by atoms with E-state index in [1.807, 2.05) is 6.07 Å². The lowest BCUT2D eigenvalue weighted by molar-refractivity contribution is -0.116. The Hall–Kier alpha value is -3.42. The van der Waals surface area contributed by atoms with Gasteiger partial charge >= 0.3 is 6.03 Å². The van der Waals surface area contributed by atoms with Gasteiger partial charge in [0.2, 0.25) is 12.7 Å². The van der Waals surface area contributed by atoms with Crippen molar-refractivity contribution >= 4 is 23.3 Å². The lowest BCUT2D eigenvalue weighted by Gasteiger charge is -2.18. The Balaban J connectivity index is 1.37. The zero-order chi connectivity index (χ0) is 18.8. The van der Waals surface area contributed by atoms with E-state index in [4.69, 9.17) is 14.2 Å². The van der Waals surface area contributed by atoms with Gasteiger partial charge in [-0.1, -0.05) is 0 Å². The van der Waals surface area contributed by atoms with Crippen LogP contribution in [0.5, 0.6) is 17.2 Å². The molecule has 0 unspecified atom stereocenters. The van der Waals surface area contributed by atoms with E-state index in [1.165, 1.54) is 4.90 Å². The van der Waals surface area contributed by atoms with E-state index < -0.39 is 0 Å². The average molecular weight is 369 g/mol. The maximum atomic E-state index is 12.7. The molecule has 0 atom stereocenters. The Morgan fingerprint density at radius 2 is 1.89 bits per heavy atom. The SMILES string of the molecule is COc1ccc(NC(=O)CN2CCN(c3ccc4c(c3)OCO4)C2=O)cc1. The Morgan fingerprint density at radius 1 is 1.11 bits per heavy atom. The van der Waals surface area contributed by atoms with Crippen LogP contribution >= 0.6 is 0 Å². The first-order valence-electron chi connectivity index (χ1n) is 8.54. The second kappa shape index (κ2) is 7.06. The van der Waals surface area contributed by atoms with Gasteiger partial charge in [-0.05, 0) is 36.4 Å². The summed E-state index contributed by atoms with van der Waals surface area (Å²) < 4.78 is 15.7. The van der Waals surface area contributed by atoms with E-state index in [1.54, 1.807) is 48.4 Å². The lowest BCUT2D eigenvalue weighted by Crippen LogP contribution is -2.37. The van der Waals surface area contributed by atoms with Gasteiger partial charge in [0.15, 0.2) is 11.5 Å². The minimum absolute atomic E-state index is 0.00802. The van der Waals surface area contributed by atoms with E-state index in [0.717, 1.165) is 5.69 Å². The topological polar surface area (TPSA) is 80.3 Å². The number of carbonyl (C=O) groups is 2. The van der Waals surface area contributed by atoms with Crippen LogP contribution < -0.4 is 24.4 Å². The summed E-state index contributed by atoms with van der Waals surface area (Å²) in [5.41, 5.74) is 1.38. The second-order valence-corrected chi connectivity index (χ2v) is 6.17. The van der Waals surface area contributed by atoms with E-state index in [0.29, 0.717) is 36.0 Å². The highest BCUT2D eigenvalue weighted by Crippen LogP contribution is 2.36. The summed E-state index contributed by atoms with van der Waals surface area (Å²) in [7, 11) is 1.58. The van der Waals surface area contributed by atoms with Gasteiger partial charge in [-0.25, -0.2) is 4.79 Å². The van der Waals surface area contributed by atoms with E-state index in [2.05, 4.69) is 5.32 Å². The molecule has 0 aliphatic carbocycles. The minimum Gasteiger partial charge on any atom is -0.497 e. The highest BCUT2D eigenvalue weighted by atomic mass is 16.7. The normalized spacial score (nSPS) is 15.2. The van der Waals surface area contributed by atoms with Crippen LogP contribution in [-0.4, -0.2) is 50.4 Å². The molecule has 0 bridgehead atoms. The van der Waals surface area contributed by atoms with Crippen molar-refractivity contribution in [2.24, 2.45) is 0 Å². The van der Waals surface area contributed by atoms with Crippen LogP contribution in [0.15, 0.2) is 42.5 Å². The molecular formula is C19H19N3O5. The molecule has 2 aromatic carbocycles. The molecule has 0 aromatic heterocycles. The number of hydrogen-bond acceptors (Lipinski definition) is 5. The maximum Gasteiger partial charge on any atom is 0.325 e. The summed E-state index contributed by atoms with van der Waals surface area (Å²) in [6, 6.07) is 12.2. The van der Waals surface area contributed by atoms with Crippen molar-refractivity contribution in [3.63, 3.8) is 0 Å². The van der Waals surface area contributed by atoms with Crippen molar-refractivity contribution in [3.8, 4) is 17.2 Å². The maximum absolute atomic E-state index is 12.7. The number of rotatable bonds is 5. The van der Waals surface area contributed by atoms with Crippen LogP contribution in [0.3, 0.4) is 0 Å². The highest BCUT2D eigenvalue weighted by molar-refractivity contribution is 5.99. The lowest BCUT2D eigenvalue weighted by atomic mass is 10.2. The zero-order valence-electron chi connectivity index (χ0n) is 14.8. The van der Waals surface area contributed by atoms with E-state index in [9.17, 15) is 9.59 Å². The summed E-state index contributed by atoms with van der Waals surface area (Å²) in [5.74, 6) is 1.75. The summed E-state index contributed by atoms with van der Waals surface area (Å²) >= 11 is 0. The summed E-state index contributed by atoms with van der Waals surface area (Å²) in [6.07, 6.45) is 0. The van der Waals surface area contributed by atoms with E-state index in [-0.39, 0.29) is 25.3 Å². The van der Waals surface area contributed by atoms with Crippen LogP contribution in [0.2, 0.25) is 0 Å². The van der Waals surface area contributed by atoms with Gasteiger partial charge in [-0.3, -0.25) is 9.69 Å². The number of benzene rings is 2. The molecule has 2 heterocycles. The fourth-order valence-corrected chi connectivity index (χ4v) is 3.07. The zero-order valence-corrected chi connectivity index (χ0v) is 14.8.